The summed E-state index contributed by atoms with van der Waals surface area (Å²) in [6.07, 6.45) is 4.82. The maximum atomic E-state index is 13.1. The molecule has 1 fully saturated rings. The van der Waals surface area contributed by atoms with Gasteiger partial charge in [-0.25, -0.2) is 8.42 Å². The Balaban J connectivity index is 1.55. The van der Waals surface area contributed by atoms with Crippen molar-refractivity contribution < 1.29 is 17.9 Å². The summed E-state index contributed by atoms with van der Waals surface area (Å²) in [6.45, 7) is 0.609. The molecule has 0 N–H and O–H groups in total. The van der Waals surface area contributed by atoms with Crippen LogP contribution in [-0.4, -0.2) is 54.0 Å². The molecule has 1 aliphatic rings. The van der Waals surface area contributed by atoms with Gasteiger partial charge in [0, 0.05) is 18.1 Å². The first-order valence-electron chi connectivity index (χ1n) is 8.44. The molecule has 0 radical (unpaired) electrons. The third kappa shape index (κ3) is 3.43. The maximum absolute atomic E-state index is 13.1. The number of pyridine rings is 1. The zero-order valence-corrected chi connectivity index (χ0v) is 15.5. The molecular formula is C18H18N4O4S. The molecule has 0 bridgehead atoms. The Morgan fingerprint density at radius 3 is 2.81 bits per heavy atom. The van der Waals surface area contributed by atoms with E-state index in [2.05, 4.69) is 15.0 Å². The van der Waals surface area contributed by atoms with Gasteiger partial charge in [-0.3, -0.25) is 9.97 Å². The zero-order chi connectivity index (χ0) is 18.9. The number of benzene rings is 1. The van der Waals surface area contributed by atoms with Gasteiger partial charge < -0.3 is 9.47 Å². The number of hydrogen-bond donors (Lipinski definition) is 0. The lowest BCUT2D eigenvalue weighted by molar-refractivity contribution is 0.203. The minimum absolute atomic E-state index is 0.211. The van der Waals surface area contributed by atoms with Gasteiger partial charge in [-0.2, -0.15) is 9.29 Å². The van der Waals surface area contributed by atoms with E-state index < -0.39 is 10.0 Å². The van der Waals surface area contributed by atoms with Gasteiger partial charge in [0.1, 0.15) is 11.0 Å². The number of sulfonamides is 1. The molecule has 8 nitrogen and oxygen atoms in total. The molecule has 3 aromatic rings. The molecule has 1 saturated heterocycles. The normalized spacial score (nSPS) is 17.9. The van der Waals surface area contributed by atoms with Gasteiger partial charge in [-0.15, -0.1) is 0 Å². The largest absolute Gasteiger partial charge is 0.480 e. The summed E-state index contributed by atoms with van der Waals surface area (Å²) in [5, 5.41) is 0.789. The van der Waals surface area contributed by atoms with E-state index in [1.807, 2.05) is 12.1 Å². The lowest BCUT2D eigenvalue weighted by Crippen LogP contribution is -2.31. The highest BCUT2D eigenvalue weighted by atomic mass is 32.2. The molecule has 140 valence electrons. The fourth-order valence-electron chi connectivity index (χ4n) is 3.09. The van der Waals surface area contributed by atoms with Crippen molar-refractivity contribution in [2.45, 2.75) is 17.4 Å². The summed E-state index contributed by atoms with van der Waals surface area (Å²) >= 11 is 0. The average molecular weight is 386 g/mol. The quantitative estimate of drug-likeness (QED) is 0.661. The van der Waals surface area contributed by atoms with Gasteiger partial charge >= 0.3 is 0 Å². The van der Waals surface area contributed by atoms with Crippen LogP contribution in [0.15, 0.2) is 53.8 Å². The summed E-state index contributed by atoms with van der Waals surface area (Å²) in [4.78, 5) is 12.6. The average Bonchev–Trinajstić information content (AvgIpc) is 3.17. The highest BCUT2D eigenvalue weighted by molar-refractivity contribution is 7.89. The standard InChI is InChI=1S/C18H18N4O4S/c1-25-16-10-19-11-17(21-16)26-14-7-9-22(12-14)27(23,24)15-6-2-4-13-5-3-8-20-18(13)15/h2-6,8,10-11,14H,7,9,12H2,1H3/t14-/m1/s1. The van der Waals surface area contributed by atoms with Crippen molar-refractivity contribution in [1.82, 2.24) is 19.3 Å². The maximum Gasteiger partial charge on any atom is 0.245 e. The van der Waals surface area contributed by atoms with Crippen molar-refractivity contribution in [1.29, 1.82) is 0 Å². The molecular weight excluding hydrogens is 368 g/mol. The van der Waals surface area contributed by atoms with E-state index in [9.17, 15) is 8.42 Å². The first kappa shape index (κ1) is 17.6. The van der Waals surface area contributed by atoms with E-state index >= 15 is 0 Å². The van der Waals surface area contributed by atoms with Crippen LogP contribution in [0.2, 0.25) is 0 Å². The second-order valence-corrected chi connectivity index (χ2v) is 8.03. The van der Waals surface area contributed by atoms with E-state index in [0.29, 0.717) is 30.2 Å². The van der Waals surface area contributed by atoms with E-state index in [1.54, 1.807) is 24.4 Å². The van der Waals surface area contributed by atoms with Crippen LogP contribution >= 0.6 is 0 Å². The molecule has 2 aromatic heterocycles. The monoisotopic (exact) mass is 386 g/mol. The number of aromatic nitrogens is 3. The summed E-state index contributed by atoms with van der Waals surface area (Å²) in [5.41, 5.74) is 0.475. The Bertz CT molecular complexity index is 1070. The van der Waals surface area contributed by atoms with Crippen LogP contribution in [0.25, 0.3) is 10.9 Å². The van der Waals surface area contributed by atoms with Gasteiger partial charge in [0.2, 0.25) is 21.8 Å². The van der Waals surface area contributed by atoms with Crippen molar-refractivity contribution in [3.05, 3.63) is 48.9 Å². The third-order valence-corrected chi connectivity index (χ3v) is 6.30. The van der Waals surface area contributed by atoms with Crippen molar-refractivity contribution in [2.24, 2.45) is 0 Å². The van der Waals surface area contributed by atoms with E-state index in [1.165, 1.54) is 23.8 Å². The molecule has 9 heteroatoms. The highest BCUT2D eigenvalue weighted by Crippen LogP contribution is 2.27. The van der Waals surface area contributed by atoms with Crippen molar-refractivity contribution in [3.8, 4) is 11.8 Å². The Kier molecular flexibility index (Phi) is 4.63. The number of methoxy groups -OCH3 is 1. The molecule has 0 spiro atoms. The van der Waals surface area contributed by atoms with Crippen LogP contribution in [0.1, 0.15) is 6.42 Å². The molecule has 1 aromatic carbocycles. The molecule has 0 unspecified atom stereocenters. The number of rotatable bonds is 5. The summed E-state index contributed by atoms with van der Waals surface area (Å²) in [5.74, 6) is 0.655. The molecule has 1 atom stereocenters. The van der Waals surface area contributed by atoms with Crippen molar-refractivity contribution in [2.75, 3.05) is 20.2 Å². The molecule has 4 rings (SSSR count). The second kappa shape index (κ2) is 7.09. The zero-order valence-electron chi connectivity index (χ0n) is 14.6. The predicted molar refractivity (Wildman–Crippen MR) is 98.1 cm³/mol. The summed E-state index contributed by atoms with van der Waals surface area (Å²) in [6, 6.07) is 8.80. The van der Waals surface area contributed by atoms with E-state index in [-0.39, 0.29) is 17.5 Å². The number of hydrogen-bond acceptors (Lipinski definition) is 7. The van der Waals surface area contributed by atoms with Gasteiger partial charge in [0.15, 0.2) is 0 Å². The highest BCUT2D eigenvalue weighted by Gasteiger charge is 2.35. The number of para-hydroxylation sites is 1. The Hall–Kier alpha value is -2.78. The Morgan fingerprint density at radius 2 is 1.96 bits per heavy atom. The van der Waals surface area contributed by atoms with E-state index in [4.69, 9.17) is 9.47 Å². The fraction of sp³-hybridized carbons (Fsp3) is 0.278. The molecule has 0 saturated carbocycles. The number of nitrogens with zero attached hydrogens (tertiary/aromatic N) is 4. The minimum atomic E-state index is -3.67. The fourth-order valence-corrected chi connectivity index (χ4v) is 4.74. The number of fused-ring (bicyclic) bond motifs is 1. The van der Waals surface area contributed by atoms with Gasteiger partial charge in [0.05, 0.1) is 31.6 Å². The molecule has 1 aliphatic heterocycles. The van der Waals surface area contributed by atoms with Crippen molar-refractivity contribution in [3.63, 3.8) is 0 Å². The van der Waals surface area contributed by atoms with Crippen LogP contribution in [0.4, 0.5) is 0 Å². The number of ether oxygens (including phenoxy) is 2. The molecule has 0 aliphatic carbocycles. The minimum Gasteiger partial charge on any atom is -0.480 e. The lowest BCUT2D eigenvalue weighted by Gasteiger charge is -2.18. The summed E-state index contributed by atoms with van der Waals surface area (Å²) in [7, 11) is -2.18. The van der Waals surface area contributed by atoms with Crippen LogP contribution < -0.4 is 9.47 Å². The second-order valence-electron chi connectivity index (χ2n) is 6.12. The molecule has 0 amide bonds. The Labute approximate surface area is 156 Å². The van der Waals surface area contributed by atoms with Crippen LogP contribution in [0.3, 0.4) is 0 Å². The third-order valence-electron chi connectivity index (χ3n) is 4.41. The molecule has 27 heavy (non-hydrogen) atoms. The van der Waals surface area contributed by atoms with Gasteiger partial charge in [-0.1, -0.05) is 18.2 Å². The predicted octanol–water partition coefficient (Wildman–Crippen LogP) is 1.88. The lowest BCUT2D eigenvalue weighted by atomic mass is 10.2. The first-order valence-corrected chi connectivity index (χ1v) is 9.88. The topological polar surface area (TPSA) is 94.5 Å². The van der Waals surface area contributed by atoms with Gasteiger partial charge in [0.25, 0.3) is 0 Å². The summed E-state index contributed by atoms with van der Waals surface area (Å²) < 4.78 is 38.5. The van der Waals surface area contributed by atoms with Crippen LogP contribution in [0.5, 0.6) is 11.8 Å². The van der Waals surface area contributed by atoms with Gasteiger partial charge in [-0.05, 0) is 18.6 Å². The first-order chi connectivity index (χ1) is 13.1. The van der Waals surface area contributed by atoms with E-state index in [0.717, 1.165) is 5.39 Å². The van der Waals surface area contributed by atoms with Crippen LogP contribution in [0, 0.1) is 0 Å². The SMILES string of the molecule is COc1cncc(O[C@@H]2CCN(S(=O)(=O)c3cccc4cccnc34)C2)n1. The van der Waals surface area contributed by atoms with Crippen LogP contribution in [-0.2, 0) is 10.0 Å². The van der Waals surface area contributed by atoms with Crippen molar-refractivity contribution >= 4 is 20.9 Å². The smallest absolute Gasteiger partial charge is 0.245 e. The Morgan fingerprint density at radius 1 is 1.15 bits per heavy atom. The molecule has 3 heterocycles.